The lowest BCUT2D eigenvalue weighted by molar-refractivity contribution is -0.385. The van der Waals surface area contributed by atoms with Crippen molar-refractivity contribution in [2.45, 2.75) is 0 Å². The Kier molecular flexibility index (Phi) is 2.53. The lowest BCUT2D eigenvalue weighted by Gasteiger charge is -2.04. The van der Waals surface area contributed by atoms with Gasteiger partial charge in [-0.05, 0) is 6.07 Å². The second kappa shape index (κ2) is 4.10. The number of nitro benzene ring substituents is 1. The molecule has 0 aliphatic carbocycles. The number of ether oxygens (including phenoxy) is 1. The van der Waals surface area contributed by atoms with Gasteiger partial charge in [0.2, 0.25) is 5.75 Å². The van der Waals surface area contributed by atoms with E-state index < -0.39 is 4.92 Å². The van der Waals surface area contributed by atoms with Gasteiger partial charge in [-0.15, -0.1) is 0 Å². The number of nitrogens with zero attached hydrogens (tertiary/aromatic N) is 2. The smallest absolute Gasteiger partial charge is 0.313 e. The van der Waals surface area contributed by atoms with Crippen molar-refractivity contribution in [3.63, 3.8) is 0 Å². The van der Waals surface area contributed by atoms with Gasteiger partial charge in [0, 0.05) is 23.0 Å². The highest BCUT2D eigenvalue weighted by molar-refractivity contribution is 6.38. The van der Waals surface area contributed by atoms with Crippen LogP contribution >= 0.6 is 11.6 Å². The average molecular weight is 278 g/mol. The van der Waals surface area contributed by atoms with Gasteiger partial charge in [0.15, 0.2) is 0 Å². The first-order valence-corrected chi connectivity index (χ1v) is 5.77. The Morgan fingerprint density at radius 3 is 2.95 bits per heavy atom. The molecule has 2 aromatic heterocycles. The van der Waals surface area contributed by atoms with Gasteiger partial charge in [0.05, 0.1) is 29.3 Å². The van der Waals surface area contributed by atoms with Crippen molar-refractivity contribution in [2.75, 3.05) is 7.11 Å². The van der Waals surface area contributed by atoms with Crippen molar-refractivity contribution in [1.82, 2.24) is 9.97 Å². The molecule has 19 heavy (non-hydrogen) atoms. The van der Waals surface area contributed by atoms with E-state index in [1.807, 2.05) is 0 Å². The van der Waals surface area contributed by atoms with E-state index in [4.69, 9.17) is 16.3 Å². The van der Waals surface area contributed by atoms with Crippen LogP contribution < -0.4 is 4.74 Å². The fourth-order valence-electron chi connectivity index (χ4n) is 2.15. The Bertz CT molecular complexity index is 813. The molecule has 96 valence electrons. The summed E-state index contributed by atoms with van der Waals surface area (Å²) in [7, 11) is 1.35. The number of hydrogen-bond acceptors (Lipinski definition) is 4. The van der Waals surface area contributed by atoms with Gasteiger partial charge in [-0.2, -0.15) is 0 Å². The first-order chi connectivity index (χ1) is 9.13. The number of H-pyrrole nitrogens is 1. The molecule has 0 saturated heterocycles. The van der Waals surface area contributed by atoms with Crippen LogP contribution in [-0.2, 0) is 0 Å². The van der Waals surface area contributed by atoms with Gasteiger partial charge in [-0.1, -0.05) is 11.6 Å². The number of aromatic nitrogens is 2. The van der Waals surface area contributed by atoms with Gasteiger partial charge >= 0.3 is 5.69 Å². The number of nitrogens with one attached hydrogen (secondary N) is 1. The molecule has 3 aromatic rings. The molecule has 0 bridgehead atoms. The zero-order valence-corrected chi connectivity index (χ0v) is 10.6. The SMILES string of the molecule is COc1c([N+](=O)[O-])cc2c([nH]c3cnccc32)c1Cl. The van der Waals surface area contributed by atoms with Gasteiger partial charge in [-0.25, -0.2) is 0 Å². The van der Waals surface area contributed by atoms with E-state index in [0.717, 1.165) is 10.9 Å². The molecule has 0 amide bonds. The predicted molar refractivity (Wildman–Crippen MR) is 71.8 cm³/mol. The van der Waals surface area contributed by atoms with Gasteiger partial charge in [-0.3, -0.25) is 15.1 Å². The van der Waals surface area contributed by atoms with E-state index in [2.05, 4.69) is 9.97 Å². The molecule has 2 heterocycles. The summed E-state index contributed by atoms with van der Waals surface area (Å²) in [6.07, 6.45) is 3.27. The number of benzene rings is 1. The number of methoxy groups -OCH3 is 1. The number of nitro groups is 1. The molecule has 0 unspecified atom stereocenters. The highest BCUT2D eigenvalue weighted by atomic mass is 35.5. The summed E-state index contributed by atoms with van der Waals surface area (Å²) in [6.45, 7) is 0. The number of rotatable bonds is 2. The van der Waals surface area contributed by atoms with E-state index in [0.29, 0.717) is 10.9 Å². The molecule has 0 aliphatic heterocycles. The third-order valence-electron chi connectivity index (χ3n) is 2.97. The first-order valence-electron chi connectivity index (χ1n) is 5.39. The van der Waals surface area contributed by atoms with Crippen LogP contribution in [0.4, 0.5) is 5.69 Å². The van der Waals surface area contributed by atoms with Gasteiger partial charge in [0.1, 0.15) is 5.02 Å². The molecule has 3 rings (SSSR count). The quantitative estimate of drug-likeness (QED) is 0.576. The molecule has 1 N–H and O–H groups in total. The zero-order chi connectivity index (χ0) is 13.6. The Labute approximate surface area is 112 Å². The summed E-state index contributed by atoms with van der Waals surface area (Å²) in [6, 6.07) is 3.24. The van der Waals surface area contributed by atoms with Crippen molar-refractivity contribution in [3.05, 3.63) is 39.7 Å². The Morgan fingerprint density at radius 2 is 2.26 bits per heavy atom. The molecular weight excluding hydrogens is 270 g/mol. The maximum Gasteiger partial charge on any atom is 0.313 e. The number of fused-ring (bicyclic) bond motifs is 3. The van der Waals surface area contributed by atoms with Crippen LogP contribution in [-0.4, -0.2) is 22.0 Å². The molecule has 0 fully saturated rings. The minimum Gasteiger partial charge on any atom is -0.489 e. The van der Waals surface area contributed by atoms with E-state index in [1.54, 1.807) is 18.5 Å². The van der Waals surface area contributed by atoms with Crippen LogP contribution in [0.2, 0.25) is 5.02 Å². The summed E-state index contributed by atoms with van der Waals surface area (Å²) < 4.78 is 5.03. The lowest BCUT2D eigenvalue weighted by Crippen LogP contribution is -1.94. The standard InChI is InChI=1S/C12H8ClN3O3/c1-19-12-9(16(17)18)4-7-6-2-3-14-5-8(6)15-11(7)10(12)13/h2-5,15H,1H3. The van der Waals surface area contributed by atoms with Crippen molar-refractivity contribution in [2.24, 2.45) is 0 Å². The summed E-state index contributed by atoms with van der Waals surface area (Å²) in [5.74, 6) is 0.0543. The molecule has 0 saturated carbocycles. The van der Waals surface area contributed by atoms with Crippen LogP contribution in [0.25, 0.3) is 21.8 Å². The van der Waals surface area contributed by atoms with Gasteiger partial charge < -0.3 is 9.72 Å². The van der Waals surface area contributed by atoms with Crippen molar-refractivity contribution >= 4 is 39.1 Å². The van der Waals surface area contributed by atoms with Crippen molar-refractivity contribution in [1.29, 1.82) is 0 Å². The third kappa shape index (κ3) is 1.61. The summed E-state index contributed by atoms with van der Waals surface area (Å²) in [5.41, 5.74) is 1.21. The molecule has 0 spiro atoms. The molecule has 1 aromatic carbocycles. The van der Waals surface area contributed by atoms with Crippen molar-refractivity contribution in [3.8, 4) is 5.75 Å². The molecule has 0 radical (unpaired) electrons. The lowest BCUT2D eigenvalue weighted by atomic mass is 10.1. The van der Waals surface area contributed by atoms with Crippen molar-refractivity contribution < 1.29 is 9.66 Å². The first kappa shape index (κ1) is 11.7. The van der Waals surface area contributed by atoms with Crippen LogP contribution in [0.3, 0.4) is 0 Å². The second-order valence-corrected chi connectivity index (χ2v) is 4.35. The second-order valence-electron chi connectivity index (χ2n) is 3.97. The fourth-order valence-corrected chi connectivity index (χ4v) is 2.47. The Morgan fingerprint density at radius 1 is 1.47 bits per heavy atom. The highest BCUT2D eigenvalue weighted by Gasteiger charge is 2.23. The Hall–Kier alpha value is -2.34. The Balaban J connectivity index is 2.52. The summed E-state index contributed by atoms with van der Waals surface area (Å²) in [4.78, 5) is 17.7. The van der Waals surface area contributed by atoms with Crippen LogP contribution in [0.15, 0.2) is 24.5 Å². The maximum absolute atomic E-state index is 11.1. The zero-order valence-electron chi connectivity index (χ0n) is 9.81. The van der Waals surface area contributed by atoms with Crippen LogP contribution in [0.5, 0.6) is 5.75 Å². The van der Waals surface area contributed by atoms with Crippen LogP contribution in [0.1, 0.15) is 0 Å². The van der Waals surface area contributed by atoms with E-state index in [9.17, 15) is 10.1 Å². The summed E-state index contributed by atoms with van der Waals surface area (Å²) >= 11 is 6.18. The minimum atomic E-state index is -0.510. The predicted octanol–water partition coefficient (Wildman–Crippen LogP) is 3.29. The maximum atomic E-state index is 11.1. The molecule has 0 atom stereocenters. The number of aromatic amines is 1. The molecule has 6 nitrogen and oxygen atoms in total. The van der Waals surface area contributed by atoms with E-state index in [1.165, 1.54) is 13.2 Å². The minimum absolute atomic E-state index is 0.0543. The van der Waals surface area contributed by atoms with E-state index >= 15 is 0 Å². The average Bonchev–Trinajstić information content (AvgIpc) is 2.77. The molecule has 0 aliphatic rings. The van der Waals surface area contributed by atoms with Crippen LogP contribution in [0, 0.1) is 10.1 Å². The third-order valence-corrected chi connectivity index (χ3v) is 3.33. The number of hydrogen-bond donors (Lipinski definition) is 1. The van der Waals surface area contributed by atoms with E-state index in [-0.39, 0.29) is 16.5 Å². The topological polar surface area (TPSA) is 81.0 Å². The fraction of sp³-hybridized carbons (Fsp3) is 0.0833. The molecular formula is C12H8ClN3O3. The molecule has 7 heteroatoms. The largest absolute Gasteiger partial charge is 0.489 e. The highest BCUT2D eigenvalue weighted by Crippen LogP contribution is 2.42. The monoisotopic (exact) mass is 277 g/mol. The van der Waals surface area contributed by atoms with Gasteiger partial charge in [0.25, 0.3) is 0 Å². The number of halogens is 1. The number of pyridine rings is 1. The summed E-state index contributed by atoms with van der Waals surface area (Å²) in [5, 5.41) is 12.8. The normalized spacial score (nSPS) is 11.1.